The van der Waals surface area contributed by atoms with Crippen molar-refractivity contribution in [3.63, 3.8) is 0 Å². The molecule has 1 aromatic carbocycles. The van der Waals surface area contributed by atoms with Gasteiger partial charge in [-0.25, -0.2) is 9.59 Å². The largest absolute Gasteiger partial charge is 0.449 e. The normalized spacial score (nSPS) is 27.1. The molecule has 1 saturated heterocycles. The minimum absolute atomic E-state index is 0.463. The van der Waals surface area contributed by atoms with E-state index in [1.165, 1.54) is 0 Å². The number of hydrogen-bond donors (Lipinski definition) is 1. The average molecular weight is 284 g/mol. The summed E-state index contributed by atoms with van der Waals surface area (Å²) in [5.74, 6) is -1.91. The Morgan fingerprint density at radius 3 is 2.67 bits per heavy atom. The smallest absolute Gasteiger partial charge is 0.419 e. The van der Waals surface area contributed by atoms with Crippen LogP contribution in [0.5, 0.6) is 0 Å². The first-order chi connectivity index (χ1) is 10.2. The summed E-state index contributed by atoms with van der Waals surface area (Å²) in [6, 6.07) is 9.66. The van der Waals surface area contributed by atoms with E-state index < -0.39 is 24.3 Å². The van der Waals surface area contributed by atoms with Crippen LogP contribution in [0.25, 0.3) is 0 Å². The highest BCUT2D eigenvalue weighted by atomic mass is 16.6. The molecular formula is C15H12N2O4. The van der Waals surface area contributed by atoms with E-state index in [0.29, 0.717) is 6.42 Å². The van der Waals surface area contributed by atoms with Crippen LogP contribution in [0.4, 0.5) is 5.69 Å². The van der Waals surface area contributed by atoms with E-state index in [2.05, 4.69) is 5.43 Å². The third kappa shape index (κ3) is 1.84. The minimum Gasteiger partial charge on any atom is -0.449 e. The van der Waals surface area contributed by atoms with E-state index in [4.69, 9.17) is 9.47 Å². The average Bonchev–Trinajstić information content (AvgIpc) is 2.82. The summed E-state index contributed by atoms with van der Waals surface area (Å²) in [5.41, 5.74) is 5.65. The van der Waals surface area contributed by atoms with Crippen LogP contribution in [-0.4, -0.2) is 24.3 Å². The molecule has 0 aromatic heterocycles. The fourth-order valence-corrected chi connectivity index (χ4v) is 2.78. The number of nitrogens with zero attached hydrogens (tertiary/aromatic N) is 1. The number of para-hydroxylation sites is 1. The molecule has 2 heterocycles. The quantitative estimate of drug-likeness (QED) is 0.613. The van der Waals surface area contributed by atoms with Crippen molar-refractivity contribution in [2.75, 3.05) is 5.01 Å². The first-order valence-electron chi connectivity index (χ1n) is 6.67. The minimum atomic E-state index is -0.969. The Labute approximate surface area is 120 Å². The van der Waals surface area contributed by atoms with Gasteiger partial charge >= 0.3 is 11.9 Å². The van der Waals surface area contributed by atoms with Crippen LogP contribution < -0.4 is 10.4 Å². The molecule has 106 valence electrons. The number of hydrogen-bond acceptors (Lipinski definition) is 6. The van der Waals surface area contributed by atoms with Crippen LogP contribution >= 0.6 is 0 Å². The Morgan fingerprint density at radius 2 is 1.86 bits per heavy atom. The number of anilines is 1. The number of rotatable bonds is 1. The zero-order valence-electron chi connectivity index (χ0n) is 11.0. The lowest BCUT2D eigenvalue weighted by molar-refractivity contribution is -0.168. The number of carbonyl (C=O) groups is 2. The van der Waals surface area contributed by atoms with Gasteiger partial charge in [0, 0.05) is 6.42 Å². The van der Waals surface area contributed by atoms with E-state index in [0.717, 1.165) is 17.0 Å². The second kappa shape index (κ2) is 4.46. The van der Waals surface area contributed by atoms with E-state index in [1.54, 1.807) is 0 Å². The third-order valence-electron chi connectivity index (χ3n) is 3.69. The van der Waals surface area contributed by atoms with Crippen LogP contribution in [0.1, 0.15) is 6.42 Å². The Bertz CT molecular complexity index is 680. The van der Waals surface area contributed by atoms with E-state index in [9.17, 15) is 9.59 Å². The Morgan fingerprint density at radius 1 is 1.10 bits per heavy atom. The molecule has 2 unspecified atom stereocenters. The monoisotopic (exact) mass is 284 g/mol. The molecule has 0 bridgehead atoms. The Balaban J connectivity index is 1.79. The summed E-state index contributed by atoms with van der Waals surface area (Å²) in [6.07, 6.45) is 3.28. The van der Waals surface area contributed by atoms with Crippen LogP contribution in [-0.2, 0) is 19.1 Å². The summed E-state index contributed by atoms with van der Waals surface area (Å²) in [4.78, 5) is 23.1. The van der Waals surface area contributed by atoms with Crippen LogP contribution in [0, 0.1) is 0 Å². The molecule has 0 spiro atoms. The molecule has 0 saturated carbocycles. The fraction of sp³-hybridized carbons (Fsp3) is 0.200. The van der Waals surface area contributed by atoms with Gasteiger partial charge in [-0.1, -0.05) is 24.3 Å². The number of esters is 2. The van der Waals surface area contributed by atoms with Gasteiger partial charge in [0.2, 0.25) is 0 Å². The molecule has 1 aromatic rings. The maximum absolute atomic E-state index is 11.6. The zero-order valence-corrected chi connectivity index (χ0v) is 11.0. The summed E-state index contributed by atoms with van der Waals surface area (Å²) < 4.78 is 10.4. The van der Waals surface area contributed by atoms with Crippen molar-refractivity contribution >= 4 is 17.6 Å². The molecular weight excluding hydrogens is 272 g/mol. The lowest BCUT2D eigenvalue weighted by Gasteiger charge is -2.23. The molecule has 4 rings (SSSR count). The van der Waals surface area contributed by atoms with Gasteiger partial charge in [0.05, 0.1) is 17.0 Å². The van der Waals surface area contributed by atoms with Gasteiger partial charge in [-0.3, -0.25) is 5.01 Å². The van der Waals surface area contributed by atoms with Crippen LogP contribution in [0.2, 0.25) is 0 Å². The van der Waals surface area contributed by atoms with Crippen molar-refractivity contribution < 1.29 is 19.1 Å². The van der Waals surface area contributed by atoms with Crippen molar-refractivity contribution in [3.8, 4) is 0 Å². The number of ether oxygens (including phenoxy) is 2. The van der Waals surface area contributed by atoms with Gasteiger partial charge < -0.3 is 9.47 Å². The molecule has 2 aliphatic heterocycles. The zero-order chi connectivity index (χ0) is 14.4. The van der Waals surface area contributed by atoms with Crippen molar-refractivity contribution in [2.45, 2.75) is 18.8 Å². The SMILES string of the molecule is O=C1OC2CC=CC3=C2C(NN3c2ccccc2)OC1=O. The van der Waals surface area contributed by atoms with Crippen molar-refractivity contribution in [1.82, 2.24) is 5.43 Å². The maximum atomic E-state index is 11.6. The molecule has 6 heteroatoms. The molecule has 2 atom stereocenters. The first-order valence-corrected chi connectivity index (χ1v) is 6.67. The highest BCUT2D eigenvalue weighted by molar-refractivity contribution is 6.30. The summed E-state index contributed by atoms with van der Waals surface area (Å²) in [6.45, 7) is 0. The molecule has 3 aliphatic rings. The molecule has 6 nitrogen and oxygen atoms in total. The number of benzene rings is 1. The number of hydrazine groups is 1. The predicted octanol–water partition coefficient (Wildman–Crippen LogP) is 1.02. The highest BCUT2D eigenvalue weighted by Gasteiger charge is 2.44. The molecule has 1 aliphatic carbocycles. The van der Waals surface area contributed by atoms with E-state index in [-0.39, 0.29) is 0 Å². The summed E-state index contributed by atoms with van der Waals surface area (Å²) in [7, 11) is 0. The Hall–Kier alpha value is -2.60. The van der Waals surface area contributed by atoms with E-state index >= 15 is 0 Å². The summed E-state index contributed by atoms with van der Waals surface area (Å²) >= 11 is 0. The van der Waals surface area contributed by atoms with Gasteiger partial charge in [0.25, 0.3) is 0 Å². The molecule has 1 fully saturated rings. The fourth-order valence-electron chi connectivity index (χ4n) is 2.78. The van der Waals surface area contributed by atoms with Crippen molar-refractivity contribution in [1.29, 1.82) is 0 Å². The van der Waals surface area contributed by atoms with E-state index in [1.807, 2.05) is 47.5 Å². The van der Waals surface area contributed by atoms with Crippen LogP contribution in [0.3, 0.4) is 0 Å². The molecule has 0 radical (unpaired) electrons. The van der Waals surface area contributed by atoms with Gasteiger partial charge in [-0.2, -0.15) is 5.43 Å². The lowest BCUT2D eigenvalue weighted by atomic mass is 9.98. The van der Waals surface area contributed by atoms with Crippen LogP contribution in [0.15, 0.2) is 53.8 Å². The van der Waals surface area contributed by atoms with Gasteiger partial charge in [-0.05, 0) is 18.2 Å². The predicted molar refractivity (Wildman–Crippen MR) is 72.6 cm³/mol. The Kier molecular flexibility index (Phi) is 2.58. The standard InChI is InChI=1S/C15H12N2O4/c18-14-15(19)21-13-12-10(7-4-8-11(12)20-14)17(16-13)9-5-2-1-3-6-9/h1-7,11,13,16H,8H2. The summed E-state index contributed by atoms with van der Waals surface area (Å²) in [5, 5.41) is 1.84. The van der Waals surface area contributed by atoms with Crippen molar-refractivity contribution in [2.24, 2.45) is 0 Å². The first kappa shape index (κ1) is 12.2. The number of carbonyl (C=O) groups excluding carboxylic acids is 2. The van der Waals surface area contributed by atoms with Gasteiger partial charge in [-0.15, -0.1) is 0 Å². The molecule has 21 heavy (non-hydrogen) atoms. The second-order valence-electron chi connectivity index (χ2n) is 4.96. The number of nitrogens with one attached hydrogen (secondary N) is 1. The maximum Gasteiger partial charge on any atom is 0.419 e. The molecule has 0 amide bonds. The highest BCUT2D eigenvalue weighted by Crippen LogP contribution is 2.36. The van der Waals surface area contributed by atoms with Gasteiger partial charge in [0.1, 0.15) is 6.10 Å². The van der Waals surface area contributed by atoms with Gasteiger partial charge in [0.15, 0.2) is 6.23 Å². The molecule has 1 N–H and O–H groups in total. The number of allylic oxidation sites excluding steroid dienone is 1. The second-order valence-corrected chi connectivity index (χ2v) is 4.96. The third-order valence-corrected chi connectivity index (χ3v) is 3.69. The van der Waals surface area contributed by atoms with Crippen molar-refractivity contribution in [3.05, 3.63) is 53.8 Å². The topological polar surface area (TPSA) is 67.9 Å². The lowest BCUT2D eigenvalue weighted by Crippen LogP contribution is -2.40.